The summed E-state index contributed by atoms with van der Waals surface area (Å²) in [6, 6.07) is 3.73. The number of carbonyl (C=O) groups excluding carboxylic acids is 2. The van der Waals surface area contributed by atoms with E-state index in [9.17, 15) is 44.7 Å². The number of halogens is 8. The fourth-order valence-corrected chi connectivity index (χ4v) is 7.87. The van der Waals surface area contributed by atoms with Crippen molar-refractivity contribution in [2.24, 2.45) is 0 Å². The Hall–Kier alpha value is -2.68. The molecule has 1 aliphatic rings. The van der Waals surface area contributed by atoms with Crippen molar-refractivity contribution in [3.63, 3.8) is 0 Å². The predicted octanol–water partition coefficient (Wildman–Crippen LogP) is 7.47. The molecule has 0 aromatic heterocycles. The molecule has 1 N–H and O–H groups in total. The first-order valence-corrected chi connectivity index (χ1v) is 16.0. The van der Waals surface area contributed by atoms with Crippen LogP contribution in [0.15, 0.2) is 48.6 Å². The quantitative estimate of drug-likeness (QED) is 0.189. The molecule has 2 atom stereocenters. The van der Waals surface area contributed by atoms with Gasteiger partial charge < -0.3 is 0 Å². The molecule has 0 bridgehead atoms. The van der Waals surface area contributed by atoms with E-state index in [0.29, 0.717) is 12.1 Å². The second kappa shape index (κ2) is 12.7. The third-order valence-corrected chi connectivity index (χ3v) is 11.2. The van der Waals surface area contributed by atoms with Gasteiger partial charge in [-0.25, -0.2) is 0 Å². The summed E-state index contributed by atoms with van der Waals surface area (Å²) in [7, 11) is 0. The molecule has 1 saturated carbocycles. The molecule has 1 unspecified atom stereocenters. The summed E-state index contributed by atoms with van der Waals surface area (Å²) >= 11 is -3.03. The van der Waals surface area contributed by atoms with Gasteiger partial charge in [-0.3, -0.25) is 0 Å². The molecule has 0 radical (unpaired) electrons. The summed E-state index contributed by atoms with van der Waals surface area (Å²) in [6.07, 6.45) is -3.15. The van der Waals surface area contributed by atoms with Crippen LogP contribution < -0.4 is 5.32 Å². The summed E-state index contributed by atoms with van der Waals surface area (Å²) < 4.78 is 106. The van der Waals surface area contributed by atoms with Gasteiger partial charge in [-0.1, -0.05) is 0 Å². The van der Waals surface area contributed by atoms with Crippen molar-refractivity contribution in [2.45, 2.75) is 67.3 Å². The Morgan fingerprint density at radius 1 is 0.923 bits per heavy atom. The Kier molecular flexibility index (Phi) is 10.0. The molecule has 39 heavy (non-hydrogen) atoms. The second-order valence-electron chi connectivity index (χ2n) is 9.43. The Labute approximate surface area is 224 Å². The molecule has 0 saturated heterocycles. The number of alkyl halides is 6. The Morgan fingerprint density at radius 2 is 1.51 bits per heavy atom. The molecule has 0 heterocycles. The molecule has 3 rings (SSSR count). The summed E-state index contributed by atoms with van der Waals surface area (Å²) in [5.41, 5.74) is -2.26. The number of nitrogens with one attached hydrogen (secondary N) is 1. The third-order valence-electron chi connectivity index (χ3n) is 6.50. The number of allylic oxidation sites excluding steroid dienone is 1. The van der Waals surface area contributed by atoms with Gasteiger partial charge in [0.05, 0.1) is 0 Å². The van der Waals surface area contributed by atoms with Gasteiger partial charge in [0.25, 0.3) is 0 Å². The van der Waals surface area contributed by atoms with Crippen molar-refractivity contribution in [3.8, 4) is 0 Å². The van der Waals surface area contributed by atoms with Gasteiger partial charge in [-0.05, 0) is 0 Å². The zero-order valence-electron chi connectivity index (χ0n) is 20.8. The second-order valence-corrected chi connectivity index (χ2v) is 14.2. The molecular formula is C27H26AsF8NO2. The van der Waals surface area contributed by atoms with Crippen LogP contribution in [0.4, 0.5) is 35.1 Å². The van der Waals surface area contributed by atoms with Gasteiger partial charge in [0.1, 0.15) is 0 Å². The Morgan fingerprint density at radius 3 is 2.05 bits per heavy atom. The van der Waals surface area contributed by atoms with Crippen LogP contribution in [-0.2, 0) is 23.6 Å². The molecule has 2 aromatic carbocycles. The van der Waals surface area contributed by atoms with Gasteiger partial charge in [0, 0.05) is 0 Å². The predicted molar refractivity (Wildman–Crippen MR) is 130 cm³/mol. The van der Waals surface area contributed by atoms with Gasteiger partial charge in [-0.15, -0.1) is 0 Å². The number of hydrogen-bond donors (Lipinski definition) is 1. The summed E-state index contributed by atoms with van der Waals surface area (Å²) in [5, 5.41) is 2.85. The van der Waals surface area contributed by atoms with Crippen molar-refractivity contribution in [3.05, 3.63) is 82.4 Å². The molecule has 212 valence electrons. The maximum atomic E-state index is 13.8. The fraction of sp³-hybridized carbons (Fsp3) is 0.407. The van der Waals surface area contributed by atoms with E-state index >= 15 is 0 Å². The van der Waals surface area contributed by atoms with E-state index in [0.717, 1.165) is 44.2 Å². The normalized spacial score (nSPS) is 16.7. The van der Waals surface area contributed by atoms with E-state index in [1.54, 1.807) is 0 Å². The first-order chi connectivity index (χ1) is 18.1. The fourth-order valence-electron chi connectivity index (χ4n) is 4.37. The monoisotopic (exact) mass is 623 g/mol. The third kappa shape index (κ3) is 8.65. The summed E-state index contributed by atoms with van der Waals surface area (Å²) in [5.74, 6) is -2.71. The number of benzene rings is 2. The van der Waals surface area contributed by atoms with Crippen molar-refractivity contribution >= 4 is 25.1 Å². The van der Waals surface area contributed by atoms with Gasteiger partial charge in [0.2, 0.25) is 0 Å². The van der Waals surface area contributed by atoms with Crippen molar-refractivity contribution in [1.82, 2.24) is 5.32 Å². The standard InChI is InChI=1S/C27H26AsF8NO2/c1-28(25(39)17-13-18(26(31,32)33)15-19(14-17)27(34,35)36)20(11-16-7-9-22(29)23(30)12-16)8-10-24(38)37-21-5-3-2-4-6-21/h7-10,12-15,20-21H,2-6,11H2,1H3,(H,37,38)/t20-,28?/m0/s1. The molecule has 3 nitrogen and oxygen atoms in total. The SMILES string of the molecule is C[As](C(=O)c1cc(C(F)(F)F)cc(C(F)(F)F)c1)[C@@H](C=CC(=O)NC1CCCCC1)Cc1ccc(F)c(F)c1. The summed E-state index contributed by atoms with van der Waals surface area (Å²) in [4.78, 5) is 25.8. The number of rotatable bonds is 8. The Balaban J connectivity index is 1.93. The molecular weight excluding hydrogens is 597 g/mol. The molecule has 0 spiro atoms. The number of carbonyl (C=O) groups is 2. The molecule has 0 aliphatic heterocycles. The molecule has 1 fully saturated rings. The minimum absolute atomic E-state index is 0.0247. The van der Waals surface area contributed by atoms with Crippen LogP contribution in [0.1, 0.15) is 59.2 Å². The van der Waals surface area contributed by atoms with Crippen molar-refractivity contribution in [2.75, 3.05) is 0 Å². The number of hydrogen-bond acceptors (Lipinski definition) is 2. The summed E-state index contributed by atoms with van der Waals surface area (Å²) in [6.45, 7) is 0. The average Bonchev–Trinajstić information content (AvgIpc) is 2.87. The first-order valence-electron chi connectivity index (χ1n) is 12.1. The van der Waals surface area contributed by atoms with Crippen LogP contribution >= 0.6 is 0 Å². The van der Waals surface area contributed by atoms with Gasteiger partial charge in [-0.2, -0.15) is 0 Å². The Bertz CT molecular complexity index is 1190. The van der Waals surface area contributed by atoms with Crippen LogP contribution in [0.25, 0.3) is 0 Å². The van der Waals surface area contributed by atoms with E-state index < -0.39 is 70.5 Å². The molecule has 1 aliphatic carbocycles. The first kappa shape index (κ1) is 30.9. The van der Waals surface area contributed by atoms with E-state index in [-0.39, 0.29) is 24.1 Å². The van der Waals surface area contributed by atoms with Crippen LogP contribution in [0.5, 0.6) is 0 Å². The van der Waals surface area contributed by atoms with Crippen molar-refractivity contribution in [1.29, 1.82) is 0 Å². The number of amides is 1. The minimum atomic E-state index is -5.12. The van der Waals surface area contributed by atoms with E-state index in [1.165, 1.54) is 23.9 Å². The van der Waals surface area contributed by atoms with E-state index in [2.05, 4.69) is 5.32 Å². The topological polar surface area (TPSA) is 46.2 Å². The zero-order chi connectivity index (χ0) is 29.0. The van der Waals surface area contributed by atoms with Crippen molar-refractivity contribution < 1.29 is 44.7 Å². The average molecular weight is 623 g/mol. The van der Waals surface area contributed by atoms with Gasteiger partial charge in [0.15, 0.2) is 0 Å². The van der Waals surface area contributed by atoms with E-state index in [1.807, 2.05) is 0 Å². The van der Waals surface area contributed by atoms with Gasteiger partial charge >= 0.3 is 225 Å². The van der Waals surface area contributed by atoms with E-state index in [4.69, 9.17) is 0 Å². The molecule has 2 aromatic rings. The van der Waals surface area contributed by atoms with Crippen LogP contribution in [0.2, 0.25) is 10.4 Å². The van der Waals surface area contributed by atoms with Crippen LogP contribution in [0.3, 0.4) is 0 Å². The molecule has 1 amide bonds. The maximum absolute atomic E-state index is 13.8. The van der Waals surface area contributed by atoms with Crippen LogP contribution in [-0.4, -0.2) is 31.2 Å². The molecule has 12 heteroatoms. The zero-order valence-corrected chi connectivity index (χ0v) is 22.7. The van der Waals surface area contributed by atoms with Crippen LogP contribution in [0, 0.1) is 11.6 Å².